The zero-order valence-electron chi connectivity index (χ0n) is 12.9. The van der Waals surface area contributed by atoms with Crippen LogP contribution in [0.25, 0.3) is 16.7 Å². The predicted octanol–water partition coefficient (Wildman–Crippen LogP) is 2.69. The summed E-state index contributed by atoms with van der Waals surface area (Å²) >= 11 is 0. The molecule has 0 atom stereocenters. The first kappa shape index (κ1) is 14.3. The van der Waals surface area contributed by atoms with E-state index in [4.69, 9.17) is 0 Å². The second-order valence-corrected chi connectivity index (χ2v) is 5.14. The van der Waals surface area contributed by atoms with Gasteiger partial charge in [-0.25, -0.2) is 14.3 Å². The first-order chi connectivity index (χ1) is 10.7. The molecule has 1 aromatic carbocycles. The summed E-state index contributed by atoms with van der Waals surface area (Å²) in [5, 5.41) is 3.81. The molecule has 0 aliphatic heterocycles. The molecular formula is C17H18N4O. The lowest BCUT2D eigenvalue weighted by Crippen LogP contribution is -2.24. The lowest BCUT2D eigenvalue weighted by Gasteiger charge is -2.14. The quantitative estimate of drug-likeness (QED) is 0.807. The number of fused-ring (bicyclic) bond motifs is 1. The van der Waals surface area contributed by atoms with Crippen LogP contribution in [0.3, 0.4) is 0 Å². The Bertz CT molecular complexity index is 899. The number of aryl methyl sites for hydroxylation is 2. The monoisotopic (exact) mass is 294 g/mol. The minimum absolute atomic E-state index is 0.327. The molecule has 3 aromatic rings. The van der Waals surface area contributed by atoms with Crippen molar-refractivity contribution in [2.75, 3.05) is 12.4 Å². The number of hydrogen-bond donors (Lipinski definition) is 1. The summed E-state index contributed by atoms with van der Waals surface area (Å²) in [6, 6.07) is 11.7. The van der Waals surface area contributed by atoms with E-state index in [0.717, 1.165) is 28.8 Å². The van der Waals surface area contributed by atoms with Crippen LogP contribution in [-0.4, -0.2) is 21.6 Å². The van der Waals surface area contributed by atoms with Crippen LogP contribution in [0.15, 0.2) is 41.2 Å². The number of rotatable bonds is 3. The fraction of sp³-hybridized carbons (Fsp3) is 0.235. The highest BCUT2D eigenvalue weighted by Gasteiger charge is 2.14. The SMILES string of the molecule is CCc1ccc2c(NC)nc(=O)n(-c3ccccc3C)c2n1. The van der Waals surface area contributed by atoms with Crippen LogP contribution in [0.2, 0.25) is 0 Å². The molecule has 22 heavy (non-hydrogen) atoms. The number of anilines is 1. The van der Waals surface area contributed by atoms with Crippen molar-refractivity contribution in [2.45, 2.75) is 20.3 Å². The van der Waals surface area contributed by atoms with E-state index in [-0.39, 0.29) is 5.69 Å². The Morgan fingerprint density at radius 1 is 1.14 bits per heavy atom. The van der Waals surface area contributed by atoms with Crippen LogP contribution < -0.4 is 11.0 Å². The van der Waals surface area contributed by atoms with Crippen molar-refractivity contribution in [1.82, 2.24) is 14.5 Å². The van der Waals surface area contributed by atoms with E-state index in [1.54, 1.807) is 11.6 Å². The van der Waals surface area contributed by atoms with Gasteiger partial charge in [0.1, 0.15) is 5.82 Å². The van der Waals surface area contributed by atoms with Gasteiger partial charge in [-0.15, -0.1) is 0 Å². The number of benzene rings is 1. The van der Waals surface area contributed by atoms with Crippen molar-refractivity contribution in [3.63, 3.8) is 0 Å². The first-order valence-electron chi connectivity index (χ1n) is 7.32. The summed E-state index contributed by atoms with van der Waals surface area (Å²) in [5.41, 5.74) is 3.08. The number of hydrogen-bond acceptors (Lipinski definition) is 4. The Hall–Kier alpha value is -2.69. The largest absolute Gasteiger partial charge is 0.372 e. The summed E-state index contributed by atoms with van der Waals surface area (Å²) in [6.45, 7) is 4.02. The lowest BCUT2D eigenvalue weighted by atomic mass is 10.2. The summed E-state index contributed by atoms with van der Waals surface area (Å²) in [7, 11) is 1.76. The van der Waals surface area contributed by atoms with Crippen LogP contribution >= 0.6 is 0 Å². The molecule has 3 rings (SSSR count). The van der Waals surface area contributed by atoms with E-state index in [2.05, 4.69) is 15.3 Å². The molecule has 2 aromatic heterocycles. The summed E-state index contributed by atoms with van der Waals surface area (Å²) < 4.78 is 1.59. The lowest BCUT2D eigenvalue weighted by molar-refractivity contribution is 0.920. The van der Waals surface area contributed by atoms with E-state index >= 15 is 0 Å². The Labute approximate surface area is 128 Å². The fourth-order valence-electron chi connectivity index (χ4n) is 2.56. The normalized spacial score (nSPS) is 10.9. The predicted molar refractivity (Wildman–Crippen MR) is 88.8 cm³/mol. The Kier molecular flexibility index (Phi) is 3.63. The average Bonchev–Trinajstić information content (AvgIpc) is 2.54. The third-order valence-corrected chi connectivity index (χ3v) is 3.75. The summed E-state index contributed by atoms with van der Waals surface area (Å²) in [5.74, 6) is 0.556. The molecule has 0 fully saturated rings. The Balaban J connectivity index is 2.46. The van der Waals surface area contributed by atoms with Gasteiger partial charge in [-0.2, -0.15) is 4.98 Å². The Morgan fingerprint density at radius 2 is 1.91 bits per heavy atom. The van der Waals surface area contributed by atoms with Gasteiger partial charge in [-0.05, 0) is 37.1 Å². The van der Waals surface area contributed by atoms with Gasteiger partial charge in [0.15, 0.2) is 5.65 Å². The minimum atomic E-state index is -0.327. The molecule has 0 amide bonds. The molecule has 2 heterocycles. The van der Waals surface area contributed by atoms with Gasteiger partial charge in [0.25, 0.3) is 0 Å². The van der Waals surface area contributed by atoms with Crippen LogP contribution in [0.4, 0.5) is 5.82 Å². The fourth-order valence-corrected chi connectivity index (χ4v) is 2.56. The zero-order chi connectivity index (χ0) is 15.7. The molecule has 0 aliphatic rings. The third kappa shape index (κ3) is 2.24. The summed E-state index contributed by atoms with van der Waals surface area (Å²) in [4.78, 5) is 21.3. The smallest absolute Gasteiger partial charge is 0.355 e. The summed E-state index contributed by atoms with van der Waals surface area (Å²) in [6.07, 6.45) is 0.815. The number of nitrogens with zero attached hydrogens (tertiary/aromatic N) is 3. The maximum absolute atomic E-state index is 12.5. The van der Waals surface area contributed by atoms with Gasteiger partial charge in [0.2, 0.25) is 0 Å². The molecule has 0 saturated carbocycles. The molecule has 0 unspecified atom stereocenters. The molecule has 112 valence electrons. The number of nitrogens with one attached hydrogen (secondary N) is 1. The van der Waals surface area contributed by atoms with Crippen molar-refractivity contribution in [1.29, 1.82) is 0 Å². The molecule has 0 radical (unpaired) electrons. The van der Waals surface area contributed by atoms with Crippen molar-refractivity contribution in [2.24, 2.45) is 0 Å². The van der Waals surface area contributed by atoms with Crippen molar-refractivity contribution >= 4 is 16.9 Å². The van der Waals surface area contributed by atoms with Crippen LogP contribution in [0.1, 0.15) is 18.2 Å². The second kappa shape index (κ2) is 5.60. The van der Waals surface area contributed by atoms with E-state index < -0.39 is 0 Å². The highest BCUT2D eigenvalue weighted by atomic mass is 16.1. The van der Waals surface area contributed by atoms with Gasteiger partial charge in [0.05, 0.1) is 11.1 Å². The average molecular weight is 294 g/mol. The highest BCUT2D eigenvalue weighted by molar-refractivity contribution is 5.87. The molecule has 0 saturated heterocycles. The van der Waals surface area contributed by atoms with E-state index in [0.29, 0.717) is 11.5 Å². The third-order valence-electron chi connectivity index (χ3n) is 3.75. The van der Waals surface area contributed by atoms with Crippen LogP contribution in [0.5, 0.6) is 0 Å². The number of pyridine rings is 1. The maximum Gasteiger partial charge on any atom is 0.355 e. The van der Waals surface area contributed by atoms with Crippen molar-refractivity contribution < 1.29 is 0 Å². The second-order valence-electron chi connectivity index (χ2n) is 5.14. The van der Waals surface area contributed by atoms with Gasteiger partial charge in [-0.1, -0.05) is 25.1 Å². The highest BCUT2D eigenvalue weighted by Crippen LogP contribution is 2.22. The zero-order valence-corrected chi connectivity index (χ0v) is 12.9. The molecule has 0 aliphatic carbocycles. The van der Waals surface area contributed by atoms with Crippen LogP contribution in [0, 0.1) is 6.92 Å². The standard InChI is InChI=1S/C17H18N4O/c1-4-12-9-10-13-15(18-3)20-17(22)21(16(13)19-12)14-8-6-5-7-11(14)2/h5-10H,4H2,1-3H3,(H,18,20,22). The maximum atomic E-state index is 12.5. The number of aromatic nitrogens is 3. The minimum Gasteiger partial charge on any atom is -0.372 e. The van der Waals surface area contributed by atoms with E-state index in [9.17, 15) is 4.79 Å². The molecule has 5 heteroatoms. The molecule has 1 N–H and O–H groups in total. The first-order valence-corrected chi connectivity index (χ1v) is 7.32. The molecule has 0 bridgehead atoms. The topological polar surface area (TPSA) is 59.8 Å². The van der Waals surface area contributed by atoms with Gasteiger partial charge in [0, 0.05) is 12.7 Å². The Morgan fingerprint density at radius 3 is 2.59 bits per heavy atom. The van der Waals surface area contributed by atoms with E-state index in [1.165, 1.54) is 0 Å². The molecule has 5 nitrogen and oxygen atoms in total. The van der Waals surface area contributed by atoms with Crippen molar-refractivity contribution in [3.8, 4) is 5.69 Å². The van der Waals surface area contributed by atoms with Gasteiger partial charge in [-0.3, -0.25) is 0 Å². The molecule has 0 spiro atoms. The molecular weight excluding hydrogens is 276 g/mol. The number of para-hydroxylation sites is 1. The van der Waals surface area contributed by atoms with Gasteiger partial charge < -0.3 is 5.32 Å². The van der Waals surface area contributed by atoms with Crippen LogP contribution in [-0.2, 0) is 6.42 Å². The van der Waals surface area contributed by atoms with Crippen molar-refractivity contribution in [3.05, 3.63) is 58.1 Å². The van der Waals surface area contributed by atoms with E-state index in [1.807, 2.05) is 50.2 Å². The van der Waals surface area contributed by atoms with Gasteiger partial charge >= 0.3 is 5.69 Å².